The SMILES string of the molecule is CC(C)(C)OC(=O)n1ccc2c3ccccc3nc(C(F)(F)F)c21. The molecule has 2 heterocycles. The molecule has 0 bridgehead atoms. The number of nitrogens with zero attached hydrogens (tertiary/aromatic N) is 2. The number of halogens is 3. The number of fused-ring (bicyclic) bond motifs is 3. The Bertz CT molecular complexity index is 937. The molecule has 0 atom stereocenters. The van der Waals surface area contributed by atoms with Gasteiger partial charge in [0.15, 0.2) is 5.69 Å². The van der Waals surface area contributed by atoms with Crippen LogP contribution in [-0.2, 0) is 10.9 Å². The number of hydrogen-bond acceptors (Lipinski definition) is 3. The Hall–Kier alpha value is -2.57. The molecule has 3 aromatic rings. The maximum absolute atomic E-state index is 13.5. The lowest BCUT2D eigenvalue weighted by Gasteiger charge is -2.20. The lowest BCUT2D eigenvalue weighted by Crippen LogP contribution is -2.27. The van der Waals surface area contributed by atoms with Crippen LogP contribution >= 0.6 is 0 Å². The summed E-state index contributed by atoms with van der Waals surface area (Å²) in [4.78, 5) is 16.0. The van der Waals surface area contributed by atoms with E-state index in [0.717, 1.165) is 4.57 Å². The van der Waals surface area contributed by atoms with Crippen LogP contribution in [0, 0.1) is 0 Å². The van der Waals surface area contributed by atoms with Gasteiger partial charge in [0.25, 0.3) is 0 Å². The average Bonchev–Trinajstić information content (AvgIpc) is 2.88. The summed E-state index contributed by atoms with van der Waals surface area (Å²) >= 11 is 0. The number of aromatic nitrogens is 2. The van der Waals surface area contributed by atoms with Crippen LogP contribution < -0.4 is 0 Å². The molecule has 126 valence electrons. The van der Waals surface area contributed by atoms with E-state index in [1.807, 2.05) is 0 Å². The fourth-order valence-corrected chi connectivity index (χ4v) is 2.52. The van der Waals surface area contributed by atoms with Gasteiger partial charge in [-0.25, -0.2) is 9.78 Å². The zero-order chi connectivity index (χ0) is 17.7. The van der Waals surface area contributed by atoms with Gasteiger partial charge in [0.2, 0.25) is 0 Å². The summed E-state index contributed by atoms with van der Waals surface area (Å²) in [7, 11) is 0. The lowest BCUT2D eigenvalue weighted by molar-refractivity contribution is -0.139. The Kier molecular flexibility index (Phi) is 3.55. The van der Waals surface area contributed by atoms with Crippen LogP contribution in [0.4, 0.5) is 18.0 Å². The molecule has 0 aliphatic carbocycles. The van der Waals surface area contributed by atoms with E-state index in [9.17, 15) is 18.0 Å². The molecule has 0 saturated heterocycles. The average molecular weight is 336 g/mol. The van der Waals surface area contributed by atoms with Crippen LogP contribution in [0.2, 0.25) is 0 Å². The molecule has 0 N–H and O–H groups in total. The van der Waals surface area contributed by atoms with E-state index in [1.54, 1.807) is 39.0 Å². The number of pyridine rings is 1. The number of para-hydroxylation sites is 1. The Morgan fingerprint density at radius 3 is 2.38 bits per heavy atom. The van der Waals surface area contributed by atoms with Crippen molar-refractivity contribution in [3.05, 3.63) is 42.2 Å². The van der Waals surface area contributed by atoms with Gasteiger partial charge in [-0.15, -0.1) is 0 Å². The lowest BCUT2D eigenvalue weighted by atomic mass is 10.1. The molecule has 0 radical (unpaired) electrons. The maximum atomic E-state index is 13.5. The molecule has 0 aliphatic heterocycles. The minimum atomic E-state index is -4.69. The van der Waals surface area contributed by atoms with Gasteiger partial charge in [-0.2, -0.15) is 13.2 Å². The second kappa shape index (κ2) is 5.22. The Labute approximate surface area is 135 Å². The van der Waals surface area contributed by atoms with Gasteiger partial charge in [-0.1, -0.05) is 18.2 Å². The van der Waals surface area contributed by atoms with Gasteiger partial charge in [-0.3, -0.25) is 4.57 Å². The summed E-state index contributed by atoms with van der Waals surface area (Å²) in [5.74, 6) is 0. The van der Waals surface area contributed by atoms with Crippen molar-refractivity contribution in [1.82, 2.24) is 9.55 Å². The van der Waals surface area contributed by atoms with E-state index in [1.165, 1.54) is 18.3 Å². The number of ether oxygens (including phenoxy) is 1. The molecule has 0 saturated carbocycles. The Balaban J connectivity index is 2.33. The molecule has 3 rings (SSSR count). The first-order valence-electron chi connectivity index (χ1n) is 7.28. The molecule has 0 fully saturated rings. The number of carbonyl (C=O) groups excluding carboxylic acids is 1. The standard InChI is InChI=1S/C17H15F3N2O2/c1-16(2,3)24-15(23)22-9-8-11-10-6-4-5-7-12(10)21-14(13(11)22)17(18,19)20/h4-9H,1-3H3. The molecular formula is C17H15F3N2O2. The van der Waals surface area contributed by atoms with Gasteiger partial charge < -0.3 is 4.74 Å². The van der Waals surface area contributed by atoms with E-state index < -0.39 is 23.6 Å². The molecule has 4 nitrogen and oxygen atoms in total. The van der Waals surface area contributed by atoms with E-state index >= 15 is 0 Å². The van der Waals surface area contributed by atoms with Crippen LogP contribution in [0.5, 0.6) is 0 Å². The molecular weight excluding hydrogens is 321 g/mol. The third kappa shape index (κ3) is 2.81. The number of carbonyl (C=O) groups is 1. The molecule has 7 heteroatoms. The molecule has 1 aromatic carbocycles. The summed E-state index contributed by atoms with van der Waals surface area (Å²) < 4.78 is 46.5. The number of rotatable bonds is 0. The topological polar surface area (TPSA) is 44.1 Å². The zero-order valence-electron chi connectivity index (χ0n) is 13.3. The normalized spacial score (nSPS) is 12.8. The van der Waals surface area contributed by atoms with Crippen molar-refractivity contribution in [3.8, 4) is 0 Å². The fourth-order valence-electron chi connectivity index (χ4n) is 2.52. The van der Waals surface area contributed by atoms with Crippen LogP contribution in [-0.4, -0.2) is 21.2 Å². The monoisotopic (exact) mass is 336 g/mol. The highest BCUT2D eigenvalue weighted by Gasteiger charge is 2.37. The summed E-state index contributed by atoms with van der Waals surface area (Å²) in [6.45, 7) is 4.94. The van der Waals surface area contributed by atoms with Gasteiger partial charge >= 0.3 is 12.3 Å². The number of benzene rings is 1. The van der Waals surface area contributed by atoms with Crippen LogP contribution in [0.15, 0.2) is 36.5 Å². The van der Waals surface area contributed by atoms with Crippen molar-refractivity contribution < 1.29 is 22.7 Å². The highest BCUT2D eigenvalue weighted by atomic mass is 19.4. The third-order valence-corrected chi connectivity index (χ3v) is 3.40. The first-order valence-corrected chi connectivity index (χ1v) is 7.28. The highest BCUT2D eigenvalue weighted by Crippen LogP contribution is 2.37. The van der Waals surface area contributed by atoms with Crippen molar-refractivity contribution in [2.24, 2.45) is 0 Å². The fraction of sp³-hybridized carbons (Fsp3) is 0.294. The van der Waals surface area contributed by atoms with Gasteiger partial charge in [0.1, 0.15) is 5.60 Å². The summed E-state index contributed by atoms with van der Waals surface area (Å²) in [5.41, 5.74) is -2.00. The van der Waals surface area contributed by atoms with Crippen molar-refractivity contribution >= 4 is 27.9 Å². The van der Waals surface area contributed by atoms with Crippen LogP contribution in [0.3, 0.4) is 0 Å². The highest BCUT2D eigenvalue weighted by molar-refractivity contribution is 6.08. The molecule has 2 aromatic heterocycles. The van der Waals surface area contributed by atoms with Crippen molar-refractivity contribution in [3.63, 3.8) is 0 Å². The predicted octanol–water partition coefficient (Wildman–Crippen LogP) is 4.99. The van der Waals surface area contributed by atoms with Gasteiger partial charge in [0, 0.05) is 17.0 Å². The van der Waals surface area contributed by atoms with E-state index in [0.29, 0.717) is 10.8 Å². The summed E-state index contributed by atoms with van der Waals surface area (Å²) in [5, 5.41) is 0.849. The maximum Gasteiger partial charge on any atom is 0.435 e. The van der Waals surface area contributed by atoms with Crippen LogP contribution in [0.25, 0.3) is 21.8 Å². The van der Waals surface area contributed by atoms with Crippen molar-refractivity contribution in [1.29, 1.82) is 0 Å². The number of alkyl halides is 3. The van der Waals surface area contributed by atoms with E-state index in [2.05, 4.69) is 4.98 Å². The molecule has 0 amide bonds. The zero-order valence-corrected chi connectivity index (χ0v) is 13.3. The van der Waals surface area contributed by atoms with Crippen molar-refractivity contribution in [2.45, 2.75) is 32.5 Å². The van der Waals surface area contributed by atoms with Crippen molar-refractivity contribution in [2.75, 3.05) is 0 Å². The first-order chi connectivity index (χ1) is 11.1. The second-order valence-electron chi connectivity index (χ2n) is 6.40. The molecule has 0 aliphatic rings. The minimum Gasteiger partial charge on any atom is -0.443 e. The minimum absolute atomic E-state index is 0.222. The molecule has 0 spiro atoms. The van der Waals surface area contributed by atoms with Crippen LogP contribution in [0.1, 0.15) is 26.5 Å². The van der Waals surface area contributed by atoms with Gasteiger partial charge in [-0.05, 0) is 32.9 Å². The van der Waals surface area contributed by atoms with E-state index in [-0.39, 0.29) is 11.0 Å². The Morgan fingerprint density at radius 2 is 1.75 bits per heavy atom. The predicted molar refractivity (Wildman–Crippen MR) is 83.9 cm³/mol. The quantitative estimate of drug-likeness (QED) is 0.581. The first kappa shape index (κ1) is 16.3. The van der Waals surface area contributed by atoms with E-state index in [4.69, 9.17) is 4.74 Å². The smallest absolute Gasteiger partial charge is 0.435 e. The largest absolute Gasteiger partial charge is 0.443 e. The summed E-state index contributed by atoms with van der Waals surface area (Å²) in [6, 6.07) is 7.98. The third-order valence-electron chi connectivity index (χ3n) is 3.40. The summed E-state index contributed by atoms with van der Waals surface area (Å²) in [6.07, 6.45) is -4.29. The Morgan fingerprint density at radius 1 is 1.08 bits per heavy atom. The molecule has 0 unspecified atom stereocenters. The molecule has 24 heavy (non-hydrogen) atoms. The van der Waals surface area contributed by atoms with Gasteiger partial charge in [0.05, 0.1) is 11.0 Å². The second-order valence-corrected chi connectivity index (χ2v) is 6.40. The number of hydrogen-bond donors (Lipinski definition) is 0.